The van der Waals surface area contributed by atoms with Gasteiger partial charge in [-0.2, -0.15) is 0 Å². The Balaban J connectivity index is 1.91. The van der Waals surface area contributed by atoms with Crippen LogP contribution in [0.4, 0.5) is 5.69 Å². The second-order valence-electron chi connectivity index (χ2n) is 5.62. The van der Waals surface area contributed by atoms with E-state index in [0.29, 0.717) is 12.1 Å². The van der Waals surface area contributed by atoms with E-state index in [1.54, 1.807) is 0 Å². The van der Waals surface area contributed by atoms with E-state index in [4.69, 9.17) is 9.88 Å². The minimum Gasteiger partial charge on any atom is -0.452 e. The van der Waals surface area contributed by atoms with Gasteiger partial charge in [0.2, 0.25) is 10.0 Å². The van der Waals surface area contributed by atoms with E-state index in [1.165, 1.54) is 31.2 Å². The molecule has 0 heterocycles. The molecule has 24 heavy (non-hydrogen) atoms. The van der Waals surface area contributed by atoms with Crippen molar-refractivity contribution in [2.75, 3.05) is 5.32 Å². The third-order valence-electron chi connectivity index (χ3n) is 3.71. The number of hydrogen-bond donors (Lipinski definition) is 2. The Morgan fingerprint density at radius 3 is 2.46 bits per heavy atom. The number of carbonyl (C=O) groups excluding carboxylic acids is 2. The average Bonchev–Trinajstić information content (AvgIpc) is 2.55. The minimum absolute atomic E-state index is 0.0506. The van der Waals surface area contributed by atoms with Crippen molar-refractivity contribution < 1.29 is 22.7 Å². The maximum atomic E-state index is 12.1. The first-order valence-corrected chi connectivity index (χ1v) is 9.11. The predicted octanol–water partition coefficient (Wildman–Crippen LogP) is 1.56. The lowest BCUT2D eigenvalue weighted by Gasteiger charge is -2.19. The van der Waals surface area contributed by atoms with Crippen molar-refractivity contribution in [2.24, 2.45) is 11.1 Å². The first kappa shape index (κ1) is 18.2. The van der Waals surface area contributed by atoms with Gasteiger partial charge in [0.05, 0.1) is 10.8 Å². The fraction of sp³-hybridized carbons (Fsp3) is 0.375. The molecule has 7 nitrogen and oxygen atoms in total. The van der Waals surface area contributed by atoms with Gasteiger partial charge in [0, 0.05) is 5.69 Å². The highest BCUT2D eigenvalue weighted by atomic mass is 32.2. The van der Waals surface area contributed by atoms with Crippen LogP contribution in [0.2, 0.25) is 0 Å². The number of allylic oxidation sites excluding steroid dienone is 2. The number of hydrogen-bond acceptors (Lipinski definition) is 5. The first-order chi connectivity index (χ1) is 11.3. The molecule has 0 saturated heterocycles. The Hall–Kier alpha value is -2.19. The fourth-order valence-corrected chi connectivity index (χ4v) is 2.82. The molecule has 0 saturated carbocycles. The molecule has 2 rings (SSSR count). The summed E-state index contributed by atoms with van der Waals surface area (Å²) in [4.78, 5) is 24.0. The normalized spacial score (nSPS) is 18.7. The second kappa shape index (κ2) is 7.59. The SMILES string of the molecule is CC(OC(=O)C1CC=CCC1)C(=O)Nc1ccc(S(N)(=O)=O)cc1. The number of nitrogens with one attached hydrogen (secondary N) is 1. The molecule has 8 heteroatoms. The summed E-state index contributed by atoms with van der Waals surface area (Å²) in [6.45, 7) is 1.49. The number of carbonyl (C=O) groups is 2. The quantitative estimate of drug-likeness (QED) is 0.616. The number of ether oxygens (including phenoxy) is 1. The van der Waals surface area contributed by atoms with Crippen LogP contribution in [0.15, 0.2) is 41.3 Å². The van der Waals surface area contributed by atoms with Crippen molar-refractivity contribution in [3.8, 4) is 0 Å². The molecule has 2 unspecified atom stereocenters. The van der Waals surface area contributed by atoms with Gasteiger partial charge in [-0.3, -0.25) is 9.59 Å². The van der Waals surface area contributed by atoms with E-state index in [0.717, 1.165) is 12.8 Å². The molecule has 1 aromatic carbocycles. The van der Waals surface area contributed by atoms with Gasteiger partial charge in [-0.1, -0.05) is 12.2 Å². The molecule has 2 atom stereocenters. The molecule has 0 bridgehead atoms. The highest BCUT2D eigenvalue weighted by Crippen LogP contribution is 2.20. The van der Waals surface area contributed by atoms with Gasteiger partial charge in [-0.05, 0) is 50.5 Å². The molecule has 0 aliphatic heterocycles. The molecule has 3 N–H and O–H groups in total. The van der Waals surface area contributed by atoms with Crippen molar-refractivity contribution in [3.05, 3.63) is 36.4 Å². The van der Waals surface area contributed by atoms with Crippen LogP contribution in [-0.4, -0.2) is 26.4 Å². The number of esters is 1. The van der Waals surface area contributed by atoms with E-state index in [9.17, 15) is 18.0 Å². The van der Waals surface area contributed by atoms with Crippen molar-refractivity contribution in [1.29, 1.82) is 0 Å². The van der Waals surface area contributed by atoms with Gasteiger partial charge in [0.15, 0.2) is 6.10 Å². The van der Waals surface area contributed by atoms with Gasteiger partial charge in [0.1, 0.15) is 0 Å². The number of benzene rings is 1. The lowest BCUT2D eigenvalue weighted by atomic mass is 9.95. The average molecular weight is 352 g/mol. The lowest BCUT2D eigenvalue weighted by molar-refractivity contribution is -0.157. The summed E-state index contributed by atoms with van der Waals surface area (Å²) < 4.78 is 27.5. The highest BCUT2D eigenvalue weighted by Gasteiger charge is 2.25. The number of amides is 1. The summed E-state index contributed by atoms with van der Waals surface area (Å²) in [5.74, 6) is -1.08. The molecule has 1 aliphatic carbocycles. The van der Waals surface area contributed by atoms with Gasteiger partial charge in [-0.25, -0.2) is 13.6 Å². The number of anilines is 1. The van der Waals surface area contributed by atoms with Gasteiger partial charge < -0.3 is 10.1 Å². The van der Waals surface area contributed by atoms with Crippen LogP contribution in [-0.2, 0) is 24.3 Å². The summed E-state index contributed by atoms with van der Waals surface area (Å²) in [7, 11) is -3.78. The van der Waals surface area contributed by atoms with Crippen LogP contribution in [0.5, 0.6) is 0 Å². The zero-order chi connectivity index (χ0) is 17.7. The van der Waals surface area contributed by atoms with E-state index in [2.05, 4.69) is 5.32 Å². The predicted molar refractivity (Wildman–Crippen MR) is 88.5 cm³/mol. The number of primary sulfonamides is 1. The summed E-state index contributed by atoms with van der Waals surface area (Å²) in [6, 6.07) is 5.40. The minimum atomic E-state index is -3.78. The Bertz CT molecular complexity index is 740. The Labute approximate surface area is 140 Å². The van der Waals surface area contributed by atoms with Crippen LogP contribution in [0.25, 0.3) is 0 Å². The maximum Gasteiger partial charge on any atom is 0.310 e. The molecule has 0 spiro atoms. The molecule has 0 aromatic heterocycles. The van der Waals surface area contributed by atoms with Crippen LogP contribution in [0, 0.1) is 5.92 Å². The zero-order valence-electron chi connectivity index (χ0n) is 13.3. The van der Waals surface area contributed by atoms with Crippen LogP contribution in [0.1, 0.15) is 26.2 Å². The Morgan fingerprint density at radius 1 is 1.25 bits per heavy atom. The van der Waals surface area contributed by atoms with E-state index in [1.807, 2.05) is 12.2 Å². The number of nitrogens with two attached hydrogens (primary N) is 1. The lowest BCUT2D eigenvalue weighted by Crippen LogP contribution is -2.32. The molecule has 0 fully saturated rings. The Morgan fingerprint density at radius 2 is 1.92 bits per heavy atom. The summed E-state index contributed by atoms with van der Waals surface area (Å²) >= 11 is 0. The summed E-state index contributed by atoms with van der Waals surface area (Å²) in [6.07, 6.45) is 5.19. The molecule has 1 aromatic rings. The molecular formula is C16H20N2O5S. The van der Waals surface area contributed by atoms with E-state index in [-0.39, 0.29) is 16.8 Å². The summed E-state index contributed by atoms with van der Waals surface area (Å²) in [5, 5.41) is 7.57. The number of rotatable bonds is 5. The molecule has 0 radical (unpaired) electrons. The van der Waals surface area contributed by atoms with E-state index >= 15 is 0 Å². The van der Waals surface area contributed by atoms with Crippen LogP contribution >= 0.6 is 0 Å². The molecule has 1 aliphatic rings. The van der Waals surface area contributed by atoms with E-state index < -0.39 is 22.0 Å². The van der Waals surface area contributed by atoms with Crippen LogP contribution < -0.4 is 10.5 Å². The second-order valence-corrected chi connectivity index (χ2v) is 7.18. The topological polar surface area (TPSA) is 116 Å². The third-order valence-corrected chi connectivity index (χ3v) is 4.64. The van der Waals surface area contributed by atoms with Crippen molar-refractivity contribution in [2.45, 2.75) is 37.2 Å². The molecular weight excluding hydrogens is 332 g/mol. The first-order valence-electron chi connectivity index (χ1n) is 7.56. The van der Waals surface area contributed by atoms with Crippen molar-refractivity contribution >= 4 is 27.6 Å². The highest BCUT2D eigenvalue weighted by molar-refractivity contribution is 7.89. The fourth-order valence-electron chi connectivity index (χ4n) is 2.30. The maximum absolute atomic E-state index is 12.1. The van der Waals surface area contributed by atoms with Gasteiger partial charge in [-0.15, -0.1) is 0 Å². The van der Waals surface area contributed by atoms with Gasteiger partial charge >= 0.3 is 5.97 Å². The van der Waals surface area contributed by atoms with Crippen molar-refractivity contribution in [3.63, 3.8) is 0 Å². The monoisotopic (exact) mass is 352 g/mol. The molecule has 130 valence electrons. The molecule has 1 amide bonds. The zero-order valence-corrected chi connectivity index (χ0v) is 14.1. The standard InChI is InChI=1S/C16H20N2O5S/c1-11(23-16(20)12-5-3-2-4-6-12)15(19)18-13-7-9-14(10-8-13)24(17,21)22/h2-3,7-12H,4-6H2,1H3,(H,18,19)(H2,17,21,22). The largest absolute Gasteiger partial charge is 0.452 e. The van der Waals surface area contributed by atoms with Crippen molar-refractivity contribution in [1.82, 2.24) is 0 Å². The van der Waals surface area contributed by atoms with Crippen LogP contribution in [0.3, 0.4) is 0 Å². The van der Waals surface area contributed by atoms with Gasteiger partial charge in [0.25, 0.3) is 5.91 Å². The number of sulfonamides is 1. The Kier molecular flexibility index (Phi) is 5.74. The smallest absolute Gasteiger partial charge is 0.310 e. The summed E-state index contributed by atoms with van der Waals surface area (Å²) in [5.41, 5.74) is 0.385. The third kappa shape index (κ3) is 4.90.